The van der Waals surface area contributed by atoms with E-state index in [9.17, 15) is 8.78 Å². The second-order valence-electron chi connectivity index (χ2n) is 4.88. The van der Waals surface area contributed by atoms with E-state index in [1.807, 2.05) is 25.1 Å². The zero-order chi connectivity index (χ0) is 14.1. The molecule has 1 unspecified atom stereocenters. The topological polar surface area (TPSA) is 15.3 Å². The molecule has 0 radical (unpaired) electrons. The molecule has 1 aliphatic heterocycles. The number of hydrogen-bond donors (Lipinski definition) is 1. The van der Waals surface area contributed by atoms with E-state index in [0.29, 0.717) is 17.9 Å². The number of benzene rings is 2. The van der Waals surface area contributed by atoms with Crippen LogP contribution in [0.15, 0.2) is 42.5 Å². The van der Waals surface area contributed by atoms with Gasteiger partial charge >= 0.3 is 0 Å². The van der Waals surface area contributed by atoms with Gasteiger partial charge in [0.25, 0.3) is 0 Å². The van der Waals surface area contributed by atoms with Crippen LogP contribution in [0.1, 0.15) is 18.5 Å². The smallest absolute Gasteiger partial charge is 0.161 e. The summed E-state index contributed by atoms with van der Waals surface area (Å²) in [5, 5.41) is 3.20. The molecule has 0 aromatic heterocycles. The van der Waals surface area contributed by atoms with Crippen LogP contribution in [-0.2, 0) is 0 Å². The Hall–Kier alpha value is -2.10. The van der Waals surface area contributed by atoms with Gasteiger partial charge < -0.3 is 10.2 Å². The maximum absolute atomic E-state index is 13.5. The molecular formula is C16H16F2N2. The van der Waals surface area contributed by atoms with Crippen molar-refractivity contribution in [3.05, 3.63) is 59.7 Å². The van der Waals surface area contributed by atoms with Crippen molar-refractivity contribution in [2.45, 2.75) is 13.0 Å². The molecule has 0 saturated heterocycles. The lowest BCUT2D eigenvalue weighted by Crippen LogP contribution is -2.37. The van der Waals surface area contributed by atoms with E-state index in [1.54, 1.807) is 0 Å². The minimum absolute atomic E-state index is 0.124. The molecule has 2 aromatic rings. The van der Waals surface area contributed by atoms with E-state index >= 15 is 0 Å². The van der Waals surface area contributed by atoms with Crippen LogP contribution in [0, 0.1) is 11.6 Å². The molecule has 0 fully saturated rings. The lowest BCUT2D eigenvalue weighted by atomic mass is 10.0. The highest BCUT2D eigenvalue weighted by Crippen LogP contribution is 2.38. The first-order valence-corrected chi connectivity index (χ1v) is 6.75. The van der Waals surface area contributed by atoms with Crippen LogP contribution in [-0.4, -0.2) is 13.1 Å². The Bertz CT molecular complexity index is 613. The zero-order valence-corrected chi connectivity index (χ0v) is 11.2. The molecular weight excluding hydrogens is 258 g/mol. The lowest BCUT2D eigenvalue weighted by molar-refractivity contribution is 0.506. The van der Waals surface area contributed by atoms with Crippen LogP contribution in [0.3, 0.4) is 0 Å². The molecule has 3 rings (SSSR count). The summed E-state index contributed by atoms with van der Waals surface area (Å²) < 4.78 is 26.8. The van der Waals surface area contributed by atoms with Crippen molar-refractivity contribution < 1.29 is 8.78 Å². The predicted molar refractivity (Wildman–Crippen MR) is 77.1 cm³/mol. The highest BCUT2D eigenvalue weighted by Gasteiger charge is 2.27. The summed E-state index contributed by atoms with van der Waals surface area (Å²) >= 11 is 0. The molecule has 0 bridgehead atoms. The van der Waals surface area contributed by atoms with Gasteiger partial charge in [-0.2, -0.15) is 0 Å². The minimum Gasteiger partial charge on any atom is -0.381 e. The Labute approximate surface area is 117 Å². The van der Waals surface area contributed by atoms with Crippen LogP contribution in [0.4, 0.5) is 20.2 Å². The van der Waals surface area contributed by atoms with Crippen molar-refractivity contribution in [2.24, 2.45) is 0 Å². The number of likely N-dealkylation sites (N-methyl/N-ethyl adjacent to an activating group) is 1. The van der Waals surface area contributed by atoms with Crippen molar-refractivity contribution in [3.8, 4) is 0 Å². The Kier molecular flexibility index (Phi) is 3.30. The van der Waals surface area contributed by atoms with E-state index in [4.69, 9.17) is 0 Å². The van der Waals surface area contributed by atoms with Gasteiger partial charge in [0.15, 0.2) is 11.6 Å². The van der Waals surface area contributed by atoms with Crippen molar-refractivity contribution >= 4 is 11.4 Å². The Balaban J connectivity index is 2.04. The summed E-state index contributed by atoms with van der Waals surface area (Å²) in [5.74, 6) is -1.62. The molecule has 0 amide bonds. The summed E-state index contributed by atoms with van der Waals surface area (Å²) in [5.41, 5.74) is 2.53. The standard InChI is InChI=1S/C16H16F2N2/c1-2-20-15-9-13(18)12(17)8-14(15)19-10-16(20)11-6-4-3-5-7-11/h3-9,16,19H,2,10H2,1H3. The van der Waals surface area contributed by atoms with Gasteiger partial charge in [0.2, 0.25) is 0 Å². The molecule has 1 aliphatic rings. The largest absolute Gasteiger partial charge is 0.381 e. The van der Waals surface area contributed by atoms with Gasteiger partial charge in [-0.05, 0) is 12.5 Å². The molecule has 0 aliphatic carbocycles. The molecule has 1 N–H and O–H groups in total. The zero-order valence-electron chi connectivity index (χ0n) is 11.2. The van der Waals surface area contributed by atoms with Gasteiger partial charge in [-0.15, -0.1) is 0 Å². The number of nitrogens with zero attached hydrogens (tertiary/aromatic N) is 1. The van der Waals surface area contributed by atoms with Gasteiger partial charge in [0.05, 0.1) is 17.4 Å². The summed E-state index contributed by atoms with van der Waals surface area (Å²) in [6.45, 7) is 3.43. The molecule has 1 heterocycles. The first-order valence-electron chi connectivity index (χ1n) is 6.75. The monoisotopic (exact) mass is 274 g/mol. The third-order valence-corrected chi connectivity index (χ3v) is 3.74. The second-order valence-corrected chi connectivity index (χ2v) is 4.88. The molecule has 1 atom stereocenters. The third kappa shape index (κ3) is 2.11. The average molecular weight is 274 g/mol. The third-order valence-electron chi connectivity index (χ3n) is 3.74. The van der Waals surface area contributed by atoms with Crippen LogP contribution >= 0.6 is 0 Å². The normalized spacial score (nSPS) is 17.6. The first-order chi connectivity index (χ1) is 9.70. The quantitative estimate of drug-likeness (QED) is 0.891. The van der Waals surface area contributed by atoms with Crippen molar-refractivity contribution in [3.63, 3.8) is 0 Å². The summed E-state index contributed by atoms with van der Waals surface area (Å²) in [6.07, 6.45) is 0. The first kappa shape index (κ1) is 12.9. The maximum Gasteiger partial charge on any atom is 0.161 e. The van der Waals surface area contributed by atoms with Crippen LogP contribution in [0.25, 0.3) is 0 Å². The van der Waals surface area contributed by atoms with E-state index < -0.39 is 11.6 Å². The molecule has 0 spiro atoms. The number of rotatable bonds is 2. The summed E-state index contributed by atoms with van der Waals surface area (Å²) in [7, 11) is 0. The summed E-state index contributed by atoms with van der Waals surface area (Å²) in [4.78, 5) is 2.10. The SMILES string of the molecule is CCN1c2cc(F)c(F)cc2NCC1c1ccccc1. The summed E-state index contributed by atoms with van der Waals surface area (Å²) in [6, 6.07) is 12.7. The van der Waals surface area contributed by atoms with Gasteiger partial charge in [0.1, 0.15) is 0 Å². The lowest BCUT2D eigenvalue weighted by Gasteiger charge is -2.39. The van der Waals surface area contributed by atoms with Crippen molar-refractivity contribution in [1.82, 2.24) is 0 Å². The Morgan fingerprint density at radius 3 is 2.55 bits per heavy atom. The van der Waals surface area contributed by atoms with E-state index in [2.05, 4.69) is 22.3 Å². The van der Waals surface area contributed by atoms with E-state index in [0.717, 1.165) is 12.1 Å². The molecule has 0 saturated carbocycles. The fraction of sp³-hybridized carbons (Fsp3) is 0.250. The number of fused-ring (bicyclic) bond motifs is 1. The molecule has 2 aromatic carbocycles. The average Bonchev–Trinajstić information content (AvgIpc) is 2.48. The van der Waals surface area contributed by atoms with E-state index in [1.165, 1.54) is 12.1 Å². The van der Waals surface area contributed by atoms with Gasteiger partial charge in [-0.3, -0.25) is 0 Å². The maximum atomic E-state index is 13.5. The van der Waals surface area contributed by atoms with Gasteiger partial charge in [-0.1, -0.05) is 30.3 Å². The van der Waals surface area contributed by atoms with Crippen LogP contribution < -0.4 is 10.2 Å². The van der Waals surface area contributed by atoms with Crippen molar-refractivity contribution in [1.29, 1.82) is 0 Å². The number of anilines is 2. The Morgan fingerprint density at radius 1 is 1.15 bits per heavy atom. The number of nitrogens with one attached hydrogen (secondary N) is 1. The van der Waals surface area contributed by atoms with Gasteiger partial charge in [-0.25, -0.2) is 8.78 Å². The molecule has 2 nitrogen and oxygen atoms in total. The van der Waals surface area contributed by atoms with Crippen LogP contribution in [0.5, 0.6) is 0 Å². The highest BCUT2D eigenvalue weighted by molar-refractivity contribution is 5.73. The molecule has 104 valence electrons. The molecule has 20 heavy (non-hydrogen) atoms. The molecule has 4 heteroatoms. The predicted octanol–water partition coefficient (Wildman–Crippen LogP) is 3.96. The fourth-order valence-electron chi connectivity index (χ4n) is 2.76. The van der Waals surface area contributed by atoms with Crippen LogP contribution in [0.2, 0.25) is 0 Å². The number of hydrogen-bond acceptors (Lipinski definition) is 2. The number of halogens is 2. The Morgan fingerprint density at radius 2 is 1.85 bits per heavy atom. The van der Waals surface area contributed by atoms with Gasteiger partial charge in [0, 0.05) is 25.2 Å². The van der Waals surface area contributed by atoms with E-state index in [-0.39, 0.29) is 6.04 Å². The van der Waals surface area contributed by atoms with Crippen molar-refractivity contribution in [2.75, 3.05) is 23.3 Å². The highest BCUT2D eigenvalue weighted by atomic mass is 19.2. The second kappa shape index (κ2) is 5.12. The fourth-order valence-corrected chi connectivity index (χ4v) is 2.76. The minimum atomic E-state index is -0.814.